The summed E-state index contributed by atoms with van der Waals surface area (Å²) >= 11 is 12.0. The van der Waals surface area contributed by atoms with Crippen LogP contribution >= 0.6 is 35.6 Å². The van der Waals surface area contributed by atoms with Crippen molar-refractivity contribution in [2.45, 2.75) is 19.0 Å². The number of nitrogens with one attached hydrogen (secondary N) is 1. The van der Waals surface area contributed by atoms with Gasteiger partial charge in [-0.05, 0) is 47.7 Å². The fourth-order valence-corrected chi connectivity index (χ4v) is 3.87. The van der Waals surface area contributed by atoms with Crippen molar-refractivity contribution < 1.29 is 35.9 Å². The summed E-state index contributed by atoms with van der Waals surface area (Å²) in [5.41, 5.74) is -2.76. The van der Waals surface area contributed by atoms with Crippen LogP contribution in [-0.2, 0) is 19.0 Å². The number of rotatable bonds is 4. The van der Waals surface area contributed by atoms with E-state index in [2.05, 4.69) is 5.32 Å². The molecule has 12 heteroatoms. The van der Waals surface area contributed by atoms with Gasteiger partial charge in [0.15, 0.2) is 0 Å². The molecule has 0 unspecified atom stereocenters. The first kappa shape index (κ1) is 23.4. The molecule has 0 radical (unpaired) electrons. The number of hydrogen-bond donors (Lipinski definition) is 1. The maximum absolute atomic E-state index is 13.2. The third-order valence-corrected chi connectivity index (χ3v) is 5.60. The Kier molecular flexibility index (Phi) is 6.59. The molecule has 1 aliphatic rings. The van der Waals surface area contributed by atoms with E-state index in [9.17, 15) is 31.1 Å². The van der Waals surface area contributed by atoms with Crippen LogP contribution in [0.3, 0.4) is 0 Å². The molecule has 1 aliphatic heterocycles. The van der Waals surface area contributed by atoms with Crippen LogP contribution in [0, 0.1) is 0 Å². The number of thioether (sulfide) groups is 1. The molecule has 0 aliphatic carbocycles. The number of carbonyl (C=O) groups is 1. The Morgan fingerprint density at radius 3 is 2.32 bits per heavy atom. The van der Waals surface area contributed by atoms with Crippen molar-refractivity contribution >= 4 is 51.9 Å². The Balaban J connectivity index is 1.81. The van der Waals surface area contributed by atoms with Gasteiger partial charge in [-0.15, -0.1) is 0 Å². The van der Waals surface area contributed by atoms with Gasteiger partial charge in [-0.25, -0.2) is 0 Å². The second-order valence-corrected chi connectivity index (χ2v) is 8.03. The normalized spacial score (nSPS) is 16.0. The van der Waals surface area contributed by atoms with E-state index < -0.39 is 35.6 Å². The third kappa shape index (κ3) is 5.72. The Morgan fingerprint density at radius 1 is 1.06 bits per heavy atom. The molecule has 0 spiro atoms. The van der Waals surface area contributed by atoms with Gasteiger partial charge in [-0.2, -0.15) is 26.3 Å². The molecule has 31 heavy (non-hydrogen) atoms. The minimum atomic E-state index is -5.00. The van der Waals surface area contributed by atoms with Crippen LogP contribution in [0.2, 0.25) is 5.02 Å². The summed E-state index contributed by atoms with van der Waals surface area (Å²) in [6.45, 7) is -0.647. The molecule has 0 saturated carbocycles. The third-order valence-electron chi connectivity index (χ3n) is 4.02. The lowest BCUT2D eigenvalue weighted by Crippen LogP contribution is -2.15. The van der Waals surface area contributed by atoms with E-state index in [0.29, 0.717) is 16.5 Å². The first-order valence-corrected chi connectivity index (χ1v) is 9.89. The smallest absolute Gasteiger partial charge is 0.416 e. The predicted octanol–water partition coefficient (Wildman–Crippen LogP) is 7.08. The van der Waals surface area contributed by atoms with Gasteiger partial charge in [-0.1, -0.05) is 36.0 Å². The topological polar surface area (TPSA) is 38.3 Å². The Bertz CT molecular complexity index is 1080. The highest BCUT2D eigenvalue weighted by molar-refractivity contribution is 8.19. The number of amides is 1. The molecule has 0 bridgehead atoms. The van der Waals surface area contributed by atoms with E-state index >= 15 is 0 Å². The van der Waals surface area contributed by atoms with Gasteiger partial charge in [0.2, 0.25) is 0 Å². The van der Waals surface area contributed by atoms with E-state index in [1.165, 1.54) is 18.2 Å². The number of ether oxygens (including phenoxy) is 1. The second-order valence-electron chi connectivity index (χ2n) is 6.20. The van der Waals surface area contributed by atoms with E-state index in [-0.39, 0.29) is 27.1 Å². The summed E-state index contributed by atoms with van der Waals surface area (Å²) in [5.74, 6) is 0.0349. The number of benzene rings is 2. The summed E-state index contributed by atoms with van der Waals surface area (Å²) in [4.78, 5) is 12.1. The molecule has 2 aromatic carbocycles. The Labute approximate surface area is 186 Å². The van der Waals surface area contributed by atoms with Crippen molar-refractivity contribution in [2.24, 2.45) is 0 Å². The zero-order chi connectivity index (χ0) is 23.0. The summed E-state index contributed by atoms with van der Waals surface area (Å²) in [6, 6.07) is 5.71. The molecule has 0 atom stereocenters. The maximum atomic E-state index is 13.2. The number of carbonyl (C=O) groups excluding carboxylic acids is 1. The summed E-state index contributed by atoms with van der Waals surface area (Å²) < 4.78 is 83.3. The molecule has 2 aromatic rings. The van der Waals surface area contributed by atoms with Gasteiger partial charge in [0.1, 0.15) is 17.3 Å². The summed E-state index contributed by atoms with van der Waals surface area (Å²) in [7, 11) is 0. The second kappa shape index (κ2) is 8.71. The van der Waals surface area contributed by atoms with Crippen LogP contribution in [0.1, 0.15) is 22.3 Å². The molecule has 164 valence electrons. The maximum Gasteiger partial charge on any atom is 0.416 e. The van der Waals surface area contributed by atoms with Crippen LogP contribution < -0.4 is 10.1 Å². The zero-order valence-corrected chi connectivity index (χ0v) is 17.4. The molecule has 1 amide bonds. The summed E-state index contributed by atoms with van der Waals surface area (Å²) in [6.07, 6.45) is -8.31. The average molecular weight is 498 g/mol. The Hall–Kier alpha value is -2.24. The highest BCUT2D eigenvalue weighted by atomic mass is 35.5. The van der Waals surface area contributed by atoms with Gasteiger partial charge >= 0.3 is 12.4 Å². The van der Waals surface area contributed by atoms with Crippen LogP contribution in [0.4, 0.5) is 31.1 Å². The summed E-state index contributed by atoms with van der Waals surface area (Å²) in [5, 5.41) is 2.19. The molecule has 3 nitrogen and oxygen atoms in total. The van der Waals surface area contributed by atoms with E-state index in [0.717, 1.165) is 17.8 Å². The van der Waals surface area contributed by atoms with Crippen molar-refractivity contribution in [2.75, 3.05) is 0 Å². The molecule has 0 aromatic heterocycles. The molecule has 1 N–H and O–H groups in total. The first-order valence-electron chi connectivity index (χ1n) is 8.29. The SMILES string of the molecule is O=C1NC(=S)/C(=C/c2ccc(OCc3ccc(C(F)(F)F)cc3C(F)(F)F)c(Cl)c2)S1. The standard InChI is InChI=1S/C19H10ClF6NO2S2/c20-13-5-9(6-15-16(30)27-17(28)31-15)1-4-14(13)29-8-10-2-3-11(18(21,22)23)7-12(10)19(24,25)26/h1-7H,8H2,(H,27,28,30)/b15-6-. The van der Waals surface area contributed by atoms with Crippen molar-refractivity contribution in [1.29, 1.82) is 0 Å². The average Bonchev–Trinajstić information content (AvgIpc) is 2.96. The van der Waals surface area contributed by atoms with Crippen molar-refractivity contribution in [3.05, 3.63) is 68.6 Å². The number of alkyl halides is 6. The molecule has 1 heterocycles. The fourth-order valence-electron chi connectivity index (χ4n) is 2.59. The van der Waals surface area contributed by atoms with Crippen molar-refractivity contribution in [3.8, 4) is 5.75 Å². The molecule has 1 fully saturated rings. The van der Waals surface area contributed by atoms with Gasteiger partial charge < -0.3 is 10.1 Å². The molecule has 3 rings (SSSR count). The quantitative estimate of drug-likeness (QED) is 0.278. The van der Waals surface area contributed by atoms with Crippen LogP contribution in [-0.4, -0.2) is 10.2 Å². The number of thiocarbonyl (C=S) groups is 1. The van der Waals surface area contributed by atoms with Crippen LogP contribution in [0.25, 0.3) is 6.08 Å². The number of hydrogen-bond acceptors (Lipinski definition) is 4. The van der Waals surface area contributed by atoms with Gasteiger partial charge in [-0.3, -0.25) is 4.79 Å². The lowest BCUT2D eigenvalue weighted by atomic mass is 10.0. The van der Waals surface area contributed by atoms with Crippen molar-refractivity contribution in [3.63, 3.8) is 0 Å². The van der Waals surface area contributed by atoms with E-state index in [1.807, 2.05) is 0 Å². The lowest BCUT2D eigenvalue weighted by molar-refractivity contribution is -0.143. The highest BCUT2D eigenvalue weighted by Gasteiger charge is 2.38. The van der Waals surface area contributed by atoms with Gasteiger partial charge in [0.25, 0.3) is 5.24 Å². The fraction of sp³-hybridized carbons (Fsp3) is 0.158. The van der Waals surface area contributed by atoms with E-state index in [1.54, 1.807) is 6.08 Å². The van der Waals surface area contributed by atoms with E-state index in [4.69, 9.17) is 28.6 Å². The molecular formula is C19H10ClF6NO2S2. The van der Waals surface area contributed by atoms with Crippen molar-refractivity contribution in [1.82, 2.24) is 5.32 Å². The lowest BCUT2D eigenvalue weighted by Gasteiger charge is -2.17. The largest absolute Gasteiger partial charge is 0.487 e. The first-order chi connectivity index (χ1) is 14.3. The zero-order valence-electron chi connectivity index (χ0n) is 15.0. The predicted molar refractivity (Wildman–Crippen MR) is 109 cm³/mol. The number of halogens is 7. The minimum absolute atomic E-state index is 0.0349. The minimum Gasteiger partial charge on any atom is -0.487 e. The molecular weight excluding hydrogens is 488 g/mol. The molecule has 1 saturated heterocycles. The highest BCUT2D eigenvalue weighted by Crippen LogP contribution is 2.38. The van der Waals surface area contributed by atoms with Gasteiger partial charge in [0.05, 0.1) is 21.1 Å². The van der Waals surface area contributed by atoms with Gasteiger partial charge in [0, 0.05) is 5.56 Å². The van der Waals surface area contributed by atoms with Crippen LogP contribution in [0.5, 0.6) is 5.75 Å². The monoisotopic (exact) mass is 497 g/mol. The van der Waals surface area contributed by atoms with Crippen LogP contribution in [0.15, 0.2) is 41.3 Å². The Morgan fingerprint density at radius 2 is 1.77 bits per heavy atom.